The topological polar surface area (TPSA) is 61.5 Å². The fraction of sp³-hybridized carbons (Fsp3) is 0.909. The fourth-order valence-electron chi connectivity index (χ4n) is 3.00. The molecule has 106 valence electrons. The second-order valence-electron chi connectivity index (χ2n) is 7.17. The van der Waals surface area contributed by atoms with Crippen LogP contribution in [0.25, 0.3) is 0 Å². The van der Waals surface area contributed by atoms with E-state index in [4.69, 9.17) is 14.6 Å². The van der Waals surface area contributed by atoms with Crippen LogP contribution in [0.5, 0.6) is 0 Å². The Hall–Kier alpha value is 0.0406. The minimum absolute atomic E-state index is 0.0567. The number of rotatable bonds is 2. The molecule has 2 N–H and O–H groups in total. The molecule has 4 nitrogen and oxygen atoms in total. The highest BCUT2D eigenvalue weighted by Crippen LogP contribution is 2.44. The molecule has 0 bridgehead atoms. The molecule has 0 aliphatic carbocycles. The van der Waals surface area contributed by atoms with Crippen LogP contribution in [0.15, 0.2) is 0 Å². The molecule has 1 unspecified atom stereocenters. The Balaban J connectivity index is 3.17. The van der Waals surface area contributed by atoms with Crippen molar-refractivity contribution in [1.29, 1.82) is 0 Å². The predicted octanol–water partition coefficient (Wildman–Crippen LogP) is 1.94. The molecule has 0 spiro atoms. The maximum absolute atomic E-state index is 11.6. The lowest BCUT2D eigenvalue weighted by Gasteiger charge is -2.56. The van der Waals surface area contributed by atoms with Crippen LogP contribution < -0.4 is 5.73 Å². The van der Waals surface area contributed by atoms with Crippen molar-refractivity contribution in [2.24, 2.45) is 5.73 Å². The first kappa shape index (κ1) is 16.1. The Labute approximate surface area is 113 Å². The smallest absolute Gasteiger partial charge is 0.371 e. The van der Waals surface area contributed by atoms with E-state index in [0.717, 1.165) is 6.04 Å². The maximum Gasteiger partial charge on any atom is 0.371 e. The van der Waals surface area contributed by atoms with E-state index in [1.165, 1.54) is 0 Å². The highest BCUT2D eigenvalue weighted by atomic mass is 29.7. The third-order valence-corrected chi connectivity index (χ3v) is 41.9. The van der Waals surface area contributed by atoms with Crippen molar-refractivity contribution in [3.05, 3.63) is 0 Å². The van der Waals surface area contributed by atoms with Gasteiger partial charge in [0.15, 0.2) is 0 Å². The average molecular weight is 306 g/mol. The monoisotopic (exact) mass is 305 g/mol. The molecule has 0 saturated carbocycles. The Bertz CT molecular complexity index is 357. The van der Waals surface area contributed by atoms with Crippen LogP contribution in [0.2, 0.25) is 38.8 Å². The molecule has 0 aromatic rings. The number of carbonyl (C=O) groups is 1. The Kier molecular flexibility index (Phi) is 4.07. The van der Waals surface area contributed by atoms with E-state index in [-0.39, 0.29) is 18.1 Å². The zero-order chi connectivity index (χ0) is 14.4. The van der Waals surface area contributed by atoms with Gasteiger partial charge in [0.1, 0.15) is 7.11 Å². The van der Waals surface area contributed by atoms with Gasteiger partial charge < -0.3 is 14.6 Å². The first-order chi connectivity index (χ1) is 7.87. The number of carbonyl (C=O) groups excluding carboxylic acids is 1. The van der Waals surface area contributed by atoms with Gasteiger partial charge in [0.2, 0.25) is 0 Å². The Morgan fingerprint density at radius 1 is 1.28 bits per heavy atom. The highest BCUT2D eigenvalue weighted by molar-refractivity contribution is 7.66. The molecule has 1 fully saturated rings. The molecule has 18 heavy (non-hydrogen) atoms. The van der Waals surface area contributed by atoms with Gasteiger partial charge in [0, 0.05) is 7.59 Å². The lowest BCUT2D eigenvalue weighted by Crippen LogP contribution is -2.80. The molecule has 0 aromatic heterocycles. The van der Waals surface area contributed by atoms with Crippen LogP contribution in [-0.2, 0) is 13.6 Å². The van der Waals surface area contributed by atoms with Crippen LogP contribution in [0.4, 0.5) is 0 Å². The van der Waals surface area contributed by atoms with Gasteiger partial charge >= 0.3 is 14.0 Å². The summed E-state index contributed by atoms with van der Waals surface area (Å²) in [7, 11) is -5.54. The number of nitrogens with two attached hydrogens (primary N) is 1. The second-order valence-corrected chi connectivity index (χ2v) is 32.6. The minimum Gasteiger partial charge on any atom is -0.497 e. The fourth-order valence-corrected chi connectivity index (χ4v) is 31.0. The Morgan fingerprint density at radius 3 is 2.22 bits per heavy atom. The largest absolute Gasteiger partial charge is 0.497 e. The normalized spacial score (nSPS) is 32.9. The summed E-state index contributed by atoms with van der Waals surface area (Å²) < 4.78 is 12.1. The SMILES string of the molecule is CC1(C)C[Si](C)(C)[Si](C)(C)[Si](C)(OC(=O)CN)O1. The van der Waals surface area contributed by atoms with E-state index in [1.54, 1.807) is 0 Å². The summed E-state index contributed by atoms with van der Waals surface area (Å²) in [5.74, 6) is -0.313. The minimum atomic E-state index is -2.45. The van der Waals surface area contributed by atoms with E-state index in [0.29, 0.717) is 0 Å². The summed E-state index contributed by atoms with van der Waals surface area (Å²) in [6.45, 7) is 15.8. The van der Waals surface area contributed by atoms with Gasteiger partial charge in [-0.1, -0.05) is 26.2 Å². The quantitative estimate of drug-likeness (QED) is 0.792. The van der Waals surface area contributed by atoms with Crippen molar-refractivity contribution in [1.82, 2.24) is 0 Å². The van der Waals surface area contributed by atoms with Crippen molar-refractivity contribution < 1.29 is 13.6 Å². The van der Waals surface area contributed by atoms with E-state index in [9.17, 15) is 4.79 Å². The van der Waals surface area contributed by atoms with Crippen LogP contribution in [0, 0.1) is 0 Å². The number of hydrogen-bond donors (Lipinski definition) is 1. The van der Waals surface area contributed by atoms with Crippen molar-refractivity contribution in [2.45, 2.75) is 58.2 Å². The zero-order valence-corrected chi connectivity index (χ0v) is 15.7. The molecule has 1 aliphatic heterocycles. The summed E-state index contributed by atoms with van der Waals surface area (Å²) in [6.07, 6.45) is 0. The summed E-state index contributed by atoms with van der Waals surface area (Å²) in [5.41, 5.74) is 5.22. The van der Waals surface area contributed by atoms with E-state index < -0.39 is 22.8 Å². The summed E-state index contributed by atoms with van der Waals surface area (Å²) in [5, 5.41) is 0. The lowest BCUT2D eigenvalue weighted by atomic mass is 10.2. The molecular weight excluding hydrogens is 278 g/mol. The molecule has 0 aromatic carbocycles. The van der Waals surface area contributed by atoms with Crippen molar-refractivity contribution in [3.63, 3.8) is 0 Å². The summed E-state index contributed by atoms with van der Waals surface area (Å²) >= 11 is 0. The second kappa shape index (κ2) is 4.55. The first-order valence-electron chi connectivity index (χ1n) is 6.49. The summed E-state index contributed by atoms with van der Waals surface area (Å²) in [4.78, 5) is 11.6. The van der Waals surface area contributed by atoms with Crippen molar-refractivity contribution >= 4 is 28.7 Å². The van der Waals surface area contributed by atoms with Crippen LogP contribution in [0.1, 0.15) is 13.8 Å². The predicted molar refractivity (Wildman–Crippen MR) is 81.7 cm³/mol. The molecule has 0 amide bonds. The van der Waals surface area contributed by atoms with E-state index >= 15 is 0 Å². The average Bonchev–Trinajstić information content (AvgIpc) is 2.12. The molecule has 1 saturated heterocycles. The van der Waals surface area contributed by atoms with E-state index in [1.807, 2.05) is 0 Å². The van der Waals surface area contributed by atoms with Gasteiger partial charge in [0.25, 0.3) is 0 Å². The van der Waals surface area contributed by atoms with Crippen molar-refractivity contribution in [2.75, 3.05) is 6.54 Å². The molecule has 1 atom stereocenters. The van der Waals surface area contributed by atoms with Gasteiger partial charge in [-0.2, -0.15) is 0 Å². The Morgan fingerprint density at radius 2 is 1.78 bits per heavy atom. The third-order valence-electron chi connectivity index (χ3n) is 4.64. The van der Waals surface area contributed by atoms with Gasteiger partial charge in [-0.15, -0.1) is 0 Å². The molecule has 1 aliphatic rings. The molecule has 1 rings (SSSR count). The van der Waals surface area contributed by atoms with Gasteiger partial charge in [-0.05, 0) is 26.4 Å². The standard InChI is InChI=1S/C11H27NO3Si3/c1-11(2)9-16(3,4)17(5,6)18(7,15-11)14-10(13)8-12/h8-9,12H2,1-7H3. The third kappa shape index (κ3) is 2.64. The van der Waals surface area contributed by atoms with Gasteiger partial charge in [-0.25, -0.2) is 0 Å². The molecule has 0 radical (unpaired) electrons. The summed E-state index contributed by atoms with van der Waals surface area (Å²) in [6, 6.07) is 1.14. The first-order valence-corrected chi connectivity index (χ1v) is 17.0. The van der Waals surface area contributed by atoms with Crippen LogP contribution in [0.3, 0.4) is 0 Å². The molecule has 1 heterocycles. The lowest BCUT2D eigenvalue weighted by molar-refractivity contribution is -0.135. The molecular formula is C11H27NO3Si3. The maximum atomic E-state index is 11.6. The van der Waals surface area contributed by atoms with Crippen molar-refractivity contribution in [3.8, 4) is 0 Å². The van der Waals surface area contributed by atoms with Gasteiger partial charge in [0.05, 0.1) is 12.1 Å². The van der Waals surface area contributed by atoms with E-state index in [2.05, 4.69) is 46.6 Å². The zero-order valence-electron chi connectivity index (χ0n) is 12.7. The van der Waals surface area contributed by atoms with Gasteiger partial charge in [-0.3, -0.25) is 4.79 Å². The van der Waals surface area contributed by atoms with Crippen LogP contribution in [-0.4, -0.2) is 40.9 Å². The molecule has 7 heteroatoms. The highest BCUT2D eigenvalue weighted by Gasteiger charge is 2.66. The number of hydrogen-bond acceptors (Lipinski definition) is 4. The van der Waals surface area contributed by atoms with Crippen LogP contribution >= 0.6 is 0 Å².